The SMILES string of the molecule is CCCCN1C(=O)[C@@H](CC2(O)CCCCC2)NC(=O)C12CCN(Cc1ccc(Oc3ccc(C(=O)O)c(O)c3)cc1)CC2. The fraction of sp³-hybridized carbons (Fsp3) is 0.545. The summed E-state index contributed by atoms with van der Waals surface area (Å²) in [7, 11) is 0. The van der Waals surface area contributed by atoms with Gasteiger partial charge in [-0.15, -0.1) is 0 Å². The molecule has 10 nitrogen and oxygen atoms in total. The van der Waals surface area contributed by atoms with Crippen molar-refractivity contribution in [3.05, 3.63) is 53.6 Å². The van der Waals surface area contributed by atoms with Crippen LogP contribution in [0.2, 0.25) is 0 Å². The lowest BCUT2D eigenvalue weighted by Gasteiger charge is -2.52. The van der Waals surface area contributed by atoms with Crippen molar-refractivity contribution in [3.8, 4) is 17.2 Å². The number of carboxylic acids is 1. The van der Waals surface area contributed by atoms with Crippen LogP contribution in [0.5, 0.6) is 17.2 Å². The van der Waals surface area contributed by atoms with Gasteiger partial charge in [-0.1, -0.05) is 44.7 Å². The lowest BCUT2D eigenvalue weighted by molar-refractivity contribution is -0.163. The molecule has 2 aliphatic heterocycles. The summed E-state index contributed by atoms with van der Waals surface area (Å²) in [6.07, 6.45) is 7.53. The Kier molecular flexibility index (Phi) is 9.27. The van der Waals surface area contributed by atoms with E-state index in [1.165, 1.54) is 18.2 Å². The second-order valence-electron chi connectivity index (χ2n) is 12.4. The molecule has 2 aromatic rings. The highest BCUT2D eigenvalue weighted by Gasteiger charge is 2.54. The Hall–Kier alpha value is -3.63. The van der Waals surface area contributed by atoms with E-state index in [4.69, 9.17) is 9.84 Å². The summed E-state index contributed by atoms with van der Waals surface area (Å²) in [4.78, 5) is 42.8. The van der Waals surface area contributed by atoms with Gasteiger partial charge in [0, 0.05) is 38.7 Å². The van der Waals surface area contributed by atoms with E-state index in [9.17, 15) is 24.6 Å². The van der Waals surface area contributed by atoms with Crippen LogP contribution in [0.25, 0.3) is 0 Å². The molecule has 3 aliphatic rings. The zero-order valence-corrected chi connectivity index (χ0v) is 24.9. The number of phenols is 1. The second kappa shape index (κ2) is 12.9. The minimum absolute atomic E-state index is 0.0537. The maximum absolute atomic E-state index is 13.8. The number of aromatic hydroxyl groups is 1. The molecule has 0 bridgehead atoms. The number of likely N-dealkylation sites (tertiary alicyclic amines) is 1. The van der Waals surface area contributed by atoms with Crippen molar-refractivity contribution < 1.29 is 34.4 Å². The molecule has 2 heterocycles. The summed E-state index contributed by atoms with van der Waals surface area (Å²) < 4.78 is 5.78. The van der Waals surface area contributed by atoms with Crippen molar-refractivity contribution in [3.63, 3.8) is 0 Å². The molecule has 232 valence electrons. The Bertz CT molecular complexity index is 1310. The van der Waals surface area contributed by atoms with Gasteiger partial charge >= 0.3 is 5.97 Å². The monoisotopic (exact) mass is 593 g/mol. The van der Waals surface area contributed by atoms with E-state index in [1.807, 2.05) is 29.2 Å². The minimum atomic E-state index is -1.21. The molecule has 1 atom stereocenters. The number of piperazine rings is 1. The number of carboxylic acid groups (broad SMARTS) is 1. The molecule has 0 aromatic heterocycles. The maximum Gasteiger partial charge on any atom is 0.339 e. The third-order valence-corrected chi connectivity index (χ3v) is 9.36. The third kappa shape index (κ3) is 6.80. The number of carbonyl (C=O) groups is 3. The Morgan fingerprint density at radius 3 is 2.30 bits per heavy atom. The number of ether oxygens (including phenoxy) is 1. The van der Waals surface area contributed by atoms with Crippen molar-refractivity contribution in [1.82, 2.24) is 15.1 Å². The molecular formula is C33H43N3O7. The molecule has 43 heavy (non-hydrogen) atoms. The molecule has 2 saturated heterocycles. The number of hydrogen-bond donors (Lipinski definition) is 4. The molecule has 1 saturated carbocycles. The number of piperidine rings is 1. The van der Waals surface area contributed by atoms with Gasteiger partial charge in [0.05, 0.1) is 5.60 Å². The molecule has 4 N–H and O–H groups in total. The van der Waals surface area contributed by atoms with Crippen molar-refractivity contribution in [2.75, 3.05) is 19.6 Å². The predicted octanol–water partition coefficient (Wildman–Crippen LogP) is 4.43. The Morgan fingerprint density at radius 1 is 1.00 bits per heavy atom. The van der Waals surface area contributed by atoms with Crippen LogP contribution in [0.1, 0.15) is 87.1 Å². The van der Waals surface area contributed by atoms with E-state index in [0.717, 1.165) is 37.7 Å². The molecule has 0 radical (unpaired) electrons. The molecule has 0 unspecified atom stereocenters. The van der Waals surface area contributed by atoms with E-state index in [2.05, 4.69) is 17.1 Å². The van der Waals surface area contributed by atoms with Gasteiger partial charge in [0.1, 0.15) is 34.4 Å². The van der Waals surface area contributed by atoms with Gasteiger partial charge in [-0.2, -0.15) is 0 Å². The normalized spacial score (nSPS) is 21.9. The summed E-state index contributed by atoms with van der Waals surface area (Å²) >= 11 is 0. The number of nitrogens with one attached hydrogen (secondary N) is 1. The van der Waals surface area contributed by atoms with Crippen molar-refractivity contribution in [2.24, 2.45) is 0 Å². The summed E-state index contributed by atoms with van der Waals surface area (Å²) in [5, 5.41) is 33.2. The molecular weight excluding hydrogens is 550 g/mol. The number of aromatic carboxylic acids is 1. The van der Waals surface area contributed by atoms with Gasteiger partial charge in [0.25, 0.3) is 0 Å². The summed E-state index contributed by atoms with van der Waals surface area (Å²) in [5.41, 5.74) is -0.857. The minimum Gasteiger partial charge on any atom is -0.507 e. The quantitative estimate of drug-likeness (QED) is 0.317. The predicted molar refractivity (Wildman–Crippen MR) is 160 cm³/mol. The topological polar surface area (TPSA) is 140 Å². The molecule has 5 rings (SSSR count). The fourth-order valence-electron chi connectivity index (χ4n) is 6.84. The molecule has 3 fully saturated rings. The zero-order valence-electron chi connectivity index (χ0n) is 24.9. The number of aliphatic hydroxyl groups is 1. The number of unbranched alkanes of at least 4 members (excludes halogenated alkanes) is 1. The van der Waals surface area contributed by atoms with Gasteiger partial charge in [0.15, 0.2) is 0 Å². The van der Waals surface area contributed by atoms with Gasteiger partial charge in [-0.05, 0) is 61.9 Å². The number of benzene rings is 2. The maximum atomic E-state index is 13.8. The first-order chi connectivity index (χ1) is 20.6. The van der Waals surface area contributed by atoms with E-state index in [1.54, 1.807) is 0 Å². The van der Waals surface area contributed by atoms with Crippen molar-refractivity contribution in [1.29, 1.82) is 0 Å². The number of nitrogens with zero attached hydrogens (tertiary/aromatic N) is 2. The standard InChI is InChI=1S/C33H43N3O7/c1-2-3-17-36-29(38)27(21-32(42)13-5-4-6-14-32)34-31(41)33(36)15-18-35(19-16-33)22-23-7-9-24(10-8-23)43-25-11-12-26(30(39)40)28(37)20-25/h7-12,20,27,37,42H,2-6,13-19,21-22H2,1H3,(H,34,41)(H,39,40)/t27-/m1/s1. The third-order valence-electron chi connectivity index (χ3n) is 9.36. The number of amides is 2. The van der Waals surface area contributed by atoms with Crippen molar-refractivity contribution >= 4 is 17.8 Å². The number of hydrogen-bond acceptors (Lipinski definition) is 7. The molecule has 1 aliphatic carbocycles. The van der Waals surface area contributed by atoms with Gasteiger partial charge in [-0.25, -0.2) is 4.79 Å². The Morgan fingerprint density at radius 2 is 1.67 bits per heavy atom. The van der Waals surface area contributed by atoms with Crippen LogP contribution in [-0.4, -0.2) is 79.7 Å². The van der Waals surface area contributed by atoms with Crippen LogP contribution in [0.3, 0.4) is 0 Å². The molecule has 1 spiro atoms. The zero-order chi connectivity index (χ0) is 30.6. The largest absolute Gasteiger partial charge is 0.507 e. The summed E-state index contributed by atoms with van der Waals surface area (Å²) in [6.45, 7) is 4.67. The molecule has 2 aromatic carbocycles. The van der Waals surface area contributed by atoms with E-state index in [0.29, 0.717) is 63.4 Å². The number of carbonyl (C=O) groups excluding carboxylic acids is 2. The average Bonchev–Trinajstić information content (AvgIpc) is 2.98. The van der Waals surface area contributed by atoms with Crippen molar-refractivity contribution in [2.45, 2.75) is 94.9 Å². The van der Waals surface area contributed by atoms with E-state index < -0.39 is 23.2 Å². The highest BCUT2D eigenvalue weighted by molar-refractivity contribution is 6.00. The summed E-state index contributed by atoms with van der Waals surface area (Å²) in [5.74, 6) is -0.818. The fourth-order valence-corrected chi connectivity index (χ4v) is 6.84. The van der Waals surface area contributed by atoms with Gasteiger partial charge in [-0.3, -0.25) is 14.5 Å². The lowest BCUT2D eigenvalue weighted by Crippen LogP contribution is -2.73. The van der Waals surface area contributed by atoms with Crippen LogP contribution >= 0.6 is 0 Å². The van der Waals surface area contributed by atoms with Gasteiger partial charge < -0.3 is 30.3 Å². The highest BCUT2D eigenvalue weighted by atomic mass is 16.5. The first-order valence-electron chi connectivity index (χ1n) is 15.5. The molecule has 10 heteroatoms. The first-order valence-corrected chi connectivity index (χ1v) is 15.5. The van der Waals surface area contributed by atoms with Gasteiger partial charge in [0.2, 0.25) is 11.8 Å². The Labute approximate surface area is 252 Å². The summed E-state index contributed by atoms with van der Waals surface area (Å²) in [6, 6.07) is 11.0. The average molecular weight is 594 g/mol. The second-order valence-corrected chi connectivity index (χ2v) is 12.4. The number of rotatable bonds is 10. The smallest absolute Gasteiger partial charge is 0.339 e. The van der Waals surface area contributed by atoms with Crippen LogP contribution in [0.15, 0.2) is 42.5 Å². The molecule has 2 amide bonds. The van der Waals surface area contributed by atoms with E-state index in [-0.39, 0.29) is 29.5 Å². The highest BCUT2D eigenvalue weighted by Crippen LogP contribution is 2.38. The Balaban J connectivity index is 1.20. The van der Waals surface area contributed by atoms with Crippen LogP contribution in [0.4, 0.5) is 0 Å². The van der Waals surface area contributed by atoms with Crippen LogP contribution in [-0.2, 0) is 16.1 Å². The lowest BCUT2D eigenvalue weighted by atomic mass is 9.77. The van der Waals surface area contributed by atoms with Crippen LogP contribution < -0.4 is 10.1 Å². The van der Waals surface area contributed by atoms with Crippen LogP contribution in [0, 0.1) is 0 Å². The van der Waals surface area contributed by atoms with E-state index >= 15 is 0 Å². The first kappa shape index (κ1) is 30.8.